The van der Waals surface area contributed by atoms with Crippen molar-refractivity contribution >= 4 is 17.7 Å². The van der Waals surface area contributed by atoms with E-state index in [1.165, 1.54) is 25.7 Å². The van der Waals surface area contributed by atoms with Crippen LogP contribution in [0.4, 0.5) is 0 Å². The van der Waals surface area contributed by atoms with Crippen molar-refractivity contribution in [3.63, 3.8) is 0 Å². The number of piperidine rings is 1. The maximum absolute atomic E-state index is 13.0. The lowest BCUT2D eigenvalue weighted by Crippen LogP contribution is -2.86. The zero-order valence-electron chi connectivity index (χ0n) is 20.3. The average Bonchev–Trinajstić information content (AvgIpc) is 3.41. The molecule has 3 amide bonds. The van der Waals surface area contributed by atoms with E-state index in [1.807, 2.05) is 12.3 Å². The molecule has 4 aliphatic carbocycles. The summed E-state index contributed by atoms with van der Waals surface area (Å²) in [7, 11) is 0. The van der Waals surface area contributed by atoms with E-state index in [0.29, 0.717) is 34.6 Å². The summed E-state index contributed by atoms with van der Waals surface area (Å²) in [5.41, 5.74) is 3.15. The predicted octanol–water partition coefficient (Wildman–Crippen LogP) is 2.62. The van der Waals surface area contributed by atoms with Gasteiger partial charge in [0.15, 0.2) is 0 Å². The minimum Gasteiger partial charge on any atom is -0.487 e. The smallest absolute Gasteiger partial charge is 0.255 e. The average molecular weight is 488 g/mol. The fraction of sp³-hybridized carbons (Fsp3) is 0.593. The van der Waals surface area contributed by atoms with E-state index in [0.717, 1.165) is 29.0 Å². The summed E-state index contributed by atoms with van der Waals surface area (Å²) in [6.45, 7) is 2.86. The van der Waals surface area contributed by atoms with Crippen LogP contribution >= 0.6 is 0 Å². The number of ether oxygens (including phenoxy) is 1. The van der Waals surface area contributed by atoms with Crippen molar-refractivity contribution in [1.82, 2.24) is 25.2 Å². The van der Waals surface area contributed by atoms with Crippen LogP contribution in [0.1, 0.15) is 73.1 Å². The summed E-state index contributed by atoms with van der Waals surface area (Å²) in [5.74, 6) is 2.60. The zero-order chi connectivity index (χ0) is 24.4. The lowest BCUT2D eigenvalue weighted by Gasteiger charge is -2.92. The Morgan fingerprint density at radius 3 is 2.69 bits per heavy atom. The molecule has 6 aliphatic rings. The number of carbonyl (C=O) groups is 3. The van der Waals surface area contributed by atoms with Crippen LogP contribution in [0.3, 0.4) is 0 Å². The Labute approximate surface area is 208 Å². The van der Waals surface area contributed by atoms with Crippen molar-refractivity contribution in [3.05, 3.63) is 41.2 Å². The number of fused-ring (bicyclic) bond motifs is 1. The lowest BCUT2D eigenvalue weighted by atomic mass is 9.12. The monoisotopic (exact) mass is 487 g/mol. The highest BCUT2D eigenvalue weighted by atomic mass is 16.5. The van der Waals surface area contributed by atoms with Crippen LogP contribution in [0.5, 0.6) is 5.75 Å². The van der Waals surface area contributed by atoms with Gasteiger partial charge in [0.2, 0.25) is 11.8 Å². The molecule has 9 nitrogen and oxygen atoms in total. The zero-order valence-corrected chi connectivity index (χ0v) is 20.3. The third-order valence-corrected chi connectivity index (χ3v) is 10.9. The van der Waals surface area contributed by atoms with Gasteiger partial charge in [0.25, 0.3) is 5.91 Å². The second kappa shape index (κ2) is 6.75. The fourth-order valence-electron chi connectivity index (χ4n) is 9.39. The van der Waals surface area contributed by atoms with Gasteiger partial charge in [-0.1, -0.05) is 11.3 Å². The van der Waals surface area contributed by atoms with Crippen LogP contribution in [0.15, 0.2) is 24.4 Å². The van der Waals surface area contributed by atoms with E-state index in [-0.39, 0.29) is 31.4 Å². The molecule has 36 heavy (non-hydrogen) atoms. The van der Waals surface area contributed by atoms with E-state index in [2.05, 4.69) is 27.2 Å². The molecule has 1 spiro atoms. The maximum atomic E-state index is 13.0. The Hall–Kier alpha value is -3.23. The summed E-state index contributed by atoms with van der Waals surface area (Å²) in [6.07, 6.45) is 8.19. The van der Waals surface area contributed by atoms with Crippen LogP contribution in [0, 0.1) is 28.6 Å². The molecule has 1 aromatic carbocycles. The Morgan fingerprint density at radius 1 is 1.17 bits per heavy atom. The summed E-state index contributed by atoms with van der Waals surface area (Å²) in [4.78, 5) is 38.5. The number of rotatable bonds is 6. The molecule has 0 radical (unpaired) electrons. The van der Waals surface area contributed by atoms with Gasteiger partial charge >= 0.3 is 0 Å². The molecule has 1 N–H and O–H groups in total. The van der Waals surface area contributed by atoms with Crippen molar-refractivity contribution in [2.24, 2.45) is 28.6 Å². The first-order valence-corrected chi connectivity index (χ1v) is 13.2. The number of carbonyl (C=O) groups excluding carboxylic acids is 3. The van der Waals surface area contributed by atoms with Crippen molar-refractivity contribution in [2.45, 2.75) is 70.7 Å². The molecule has 1 aromatic heterocycles. The number of nitrogens with zero attached hydrogens (tertiary/aromatic N) is 4. The van der Waals surface area contributed by atoms with E-state index >= 15 is 0 Å². The quantitative estimate of drug-likeness (QED) is 0.628. The van der Waals surface area contributed by atoms with Gasteiger partial charge in [-0.3, -0.25) is 19.7 Å². The van der Waals surface area contributed by atoms with Gasteiger partial charge < -0.3 is 9.64 Å². The number of imide groups is 1. The van der Waals surface area contributed by atoms with E-state index in [9.17, 15) is 14.4 Å². The Morgan fingerprint density at radius 2 is 1.97 bits per heavy atom. The third-order valence-electron chi connectivity index (χ3n) is 10.9. The second-order valence-corrected chi connectivity index (χ2v) is 11.9. The molecule has 2 aliphatic heterocycles. The summed E-state index contributed by atoms with van der Waals surface area (Å²) in [6, 6.07) is 5.12. The first kappa shape index (κ1) is 20.9. The Balaban J connectivity index is 0.969. The molecule has 3 heterocycles. The molecule has 1 saturated heterocycles. The summed E-state index contributed by atoms with van der Waals surface area (Å²) < 4.78 is 8.19. The topological polar surface area (TPSA) is 106 Å². The van der Waals surface area contributed by atoms with Crippen molar-refractivity contribution in [1.29, 1.82) is 0 Å². The molecule has 4 saturated carbocycles. The van der Waals surface area contributed by atoms with Crippen LogP contribution < -0.4 is 10.1 Å². The molecule has 4 atom stereocenters. The third kappa shape index (κ3) is 2.30. The Bertz CT molecular complexity index is 1320. The Kier molecular flexibility index (Phi) is 3.92. The minimum absolute atomic E-state index is 0.203. The first-order chi connectivity index (χ1) is 17.4. The number of amides is 3. The second-order valence-electron chi connectivity index (χ2n) is 11.9. The minimum atomic E-state index is -0.640. The number of benzene rings is 1. The van der Waals surface area contributed by atoms with Gasteiger partial charge in [-0.25, -0.2) is 4.68 Å². The highest BCUT2D eigenvalue weighted by Crippen LogP contribution is 2.94. The SMILES string of the molecule is CC(n1cc(COc2cccc3c2CN(C2CCC(=O)NC2=O)C3=O)nn1)C12CC3CC4CC(C1)C432. The number of nitrogens with one attached hydrogen (secondary N) is 1. The largest absolute Gasteiger partial charge is 0.487 e. The molecular formula is C27H29N5O4. The number of hydrogen-bond donors (Lipinski definition) is 1. The van der Waals surface area contributed by atoms with E-state index in [4.69, 9.17) is 4.74 Å². The molecule has 5 fully saturated rings. The molecule has 9 heteroatoms. The number of aromatic nitrogens is 3. The van der Waals surface area contributed by atoms with Gasteiger partial charge in [-0.2, -0.15) is 0 Å². The molecule has 8 rings (SSSR count). The van der Waals surface area contributed by atoms with Crippen LogP contribution in [-0.2, 0) is 22.7 Å². The highest BCUT2D eigenvalue weighted by molar-refractivity contribution is 6.05. The van der Waals surface area contributed by atoms with E-state index in [1.54, 1.807) is 17.0 Å². The molecule has 0 bridgehead atoms. The van der Waals surface area contributed by atoms with Gasteiger partial charge in [0.05, 0.1) is 18.8 Å². The van der Waals surface area contributed by atoms with Gasteiger partial charge in [0, 0.05) is 17.5 Å². The normalized spacial score (nSPS) is 37.9. The lowest BCUT2D eigenvalue weighted by molar-refractivity contribution is -0.443. The van der Waals surface area contributed by atoms with E-state index < -0.39 is 11.9 Å². The maximum Gasteiger partial charge on any atom is 0.255 e. The van der Waals surface area contributed by atoms with Crippen molar-refractivity contribution < 1.29 is 19.1 Å². The van der Waals surface area contributed by atoms with Crippen LogP contribution in [0.2, 0.25) is 0 Å². The fourth-order valence-corrected chi connectivity index (χ4v) is 9.39. The number of hydrogen-bond acceptors (Lipinski definition) is 6. The molecular weight excluding hydrogens is 458 g/mol. The summed E-state index contributed by atoms with van der Waals surface area (Å²) in [5, 5.41) is 11.2. The molecule has 4 unspecified atom stereocenters. The molecule has 186 valence electrons. The standard InChI is InChI=1S/C27H29N5O4/c1-14(26-9-16-7-15-8-17(10-26)27(15,16)26)32-11-18(29-30-32)13-36-22-4-2-3-19-20(22)12-31(25(19)35)21-5-6-23(33)28-24(21)34/h2-4,11,14-17,21H,5-10,12-13H2,1H3,(H,28,33,34). The first-order valence-electron chi connectivity index (χ1n) is 13.2. The van der Waals surface area contributed by atoms with Crippen molar-refractivity contribution in [2.75, 3.05) is 0 Å². The summed E-state index contributed by atoms with van der Waals surface area (Å²) >= 11 is 0. The molecule has 2 aromatic rings. The predicted molar refractivity (Wildman–Crippen MR) is 125 cm³/mol. The highest BCUT2D eigenvalue weighted by Gasteiger charge is 2.88. The van der Waals surface area contributed by atoms with Crippen LogP contribution in [0.25, 0.3) is 0 Å². The van der Waals surface area contributed by atoms with Gasteiger partial charge in [-0.15, -0.1) is 5.10 Å². The van der Waals surface area contributed by atoms with Gasteiger partial charge in [0.1, 0.15) is 24.1 Å². The van der Waals surface area contributed by atoms with Gasteiger partial charge in [-0.05, 0) is 79.7 Å². The van der Waals surface area contributed by atoms with Crippen LogP contribution in [-0.4, -0.2) is 43.7 Å². The van der Waals surface area contributed by atoms with Crippen molar-refractivity contribution in [3.8, 4) is 5.75 Å².